The maximum Gasteiger partial charge on any atom is 0.216 e. The van der Waals surface area contributed by atoms with Crippen molar-refractivity contribution < 1.29 is 8.42 Å². The van der Waals surface area contributed by atoms with Gasteiger partial charge in [-0.3, -0.25) is 0 Å². The van der Waals surface area contributed by atoms with Gasteiger partial charge in [0.1, 0.15) is 11.5 Å². The predicted molar refractivity (Wildman–Crippen MR) is 142 cm³/mol. The lowest BCUT2D eigenvalue weighted by molar-refractivity contribution is 0.379. The first-order valence-corrected chi connectivity index (χ1v) is 13.7. The van der Waals surface area contributed by atoms with Crippen LogP contribution in [0, 0.1) is 0 Å². The van der Waals surface area contributed by atoms with Crippen molar-refractivity contribution in [3.63, 3.8) is 0 Å². The maximum absolute atomic E-state index is 12.6. The number of hydrogen-bond donors (Lipinski definition) is 0. The van der Waals surface area contributed by atoms with Crippen LogP contribution in [-0.4, -0.2) is 58.8 Å². The third kappa shape index (κ3) is 4.40. The van der Waals surface area contributed by atoms with Gasteiger partial charge in [-0.05, 0) is 43.7 Å². The summed E-state index contributed by atoms with van der Waals surface area (Å²) in [5.41, 5.74) is 4.01. The highest BCUT2D eigenvalue weighted by Gasteiger charge is 2.30. The predicted octanol–water partition coefficient (Wildman–Crippen LogP) is 5.23. The number of rotatable bonds is 5. The molecular weight excluding hydrogens is 505 g/mol. The summed E-state index contributed by atoms with van der Waals surface area (Å²) in [5, 5.41) is 5.78. The van der Waals surface area contributed by atoms with E-state index in [9.17, 15) is 8.42 Å². The highest BCUT2D eigenvalue weighted by Crippen LogP contribution is 2.39. The average molecular weight is 530 g/mol. The van der Waals surface area contributed by atoms with E-state index >= 15 is 0 Å². The van der Waals surface area contributed by atoms with E-state index in [0.29, 0.717) is 41.9 Å². The van der Waals surface area contributed by atoms with Crippen molar-refractivity contribution in [2.45, 2.75) is 19.1 Å². The Balaban J connectivity index is 1.61. The Kier molecular flexibility index (Phi) is 6.48. The Morgan fingerprint density at radius 2 is 1.60 bits per heavy atom. The molecule has 0 bridgehead atoms. The fourth-order valence-corrected chi connectivity index (χ4v) is 5.99. The molecule has 0 spiro atoms. The number of halogens is 2. The minimum atomic E-state index is -3.28. The maximum atomic E-state index is 12.6. The lowest BCUT2D eigenvalue weighted by Crippen LogP contribution is -2.50. The van der Waals surface area contributed by atoms with E-state index in [1.54, 1.807) is 24.3 Å². The zero-order valence-electron chi connectivity index (χ0n) is 19.4. The molecule has 0 aliphatic carbocycles. The minimum Gasteiger partial charge on any atom is -0.354 e. The van der Waals surface area contributed by atoms with Crippen LogP contribution in [0.3, 0.4) is 0 Å². The molecule has 35 heavy (non-hydrogen) atoms. The van der Waals surface area contributed by atoms with Crippen LogP contribution in [0.2, 0.25) is 10.0 Å². The van der Waals surface area contributed by atoms with Gasteiger partial charge in [-0.15, -0.1) is 0 Å². The van der Waals surface area contributed by atoms with Crippen molar-refractivity contribution in [3.8, 4) is 22.4 Å². The van der Waals surface area contributed by atoms with Gasteiger partial charge in [0.05, 0.1) is 15.8 Å². The molecule has 2 aromatic heterocycles. The van der Waals surface area contributed by atoms with Crippen LogP contribution in [-0.2, 0) is 10.0 Å². The van der Waals surface area contributed by atoms with E-state index in [4.69, 9.17) is 28.3 Å². The molecule has 4 aromatic rings. The normalized spacial score (nSPS) is 15.3. The van der Waals surface area contributed by atoms with E-state index in [1.807, 2.05) is 59.1 Å². The summed E-state index contributed by atoms with van der Waals surface area (Å²) in [6.45, 7) is 5.39. The Morgan fingerprint density at radius 3 is 2.26 bits per heavy atom. The SMILES string of the molecule is CC(C)S(=O)(=O)N1CCN(c2ccnc3c(-c4ccc(Cl)cc4)c(-c4ccccc4Cl)nn23)CC1. The Hall–Kier alpha value is -2.65. The molecule has 0 saturated carbocycles. The molecule has 1 aliphatic heterocycles. The summed E-state index contributed by atoms with van der Waals surface area (Å²) < 4.78 is 28.6. The molecule has 7 nitrogen and oxygen atoms in total. The molecule has 0 N–H and O–H groups in total. The lowest BCUT2D eigenvalue weighted by Gasteiger charge is -2.36. The van der Waals surface area contributed by atoms with Crippen LogP contribution in [0.25, 0.3) is 28.0 Å². The molecule has 0 amide bonds. The molecule has 1 fully saturated rings. The topological polar surface area (TPSA) is 70.8 Å². The standard InChI is InChI=1S/C25H25Cl2N5O2S/c1-17(2)35(33,34)31-15-13-30(14-16-31)22-11-12-28-25-23(18-7-9-19(26)10-8-18)24(29-32(22)25)20-5-3-4-6-21(20)27/h3-12,17H,13-16H2,1-2H3. The summed E-state index contributed by atoms with van der Waals surface area (Å²) in [5.74, 6) is 0.852. The number of aromatic nitrogens is 3. The molecule has 0 radical (unpaired) electrons. The second-order valence-corrected chi connectivity index (χ2v) is 12.1. The molecule has 2 aromatic carbocycles. The van der Waals surface area contributed by atoms with Crippen LogP contribution >= 0.6 is 23.2 Å². The first kappa shape index (κ1) is 24.1. The molecule has 0 unspecified atom stereocenters. The minimum absolute atomic E-state index is 0.424. The van der Waals surface area contributed by atoms with Gasteiger partial charge in [0.25, 0.3) is 0 Å². The van der Waals surface area contributed by atoms with E-state index < -0.39 is 15.3 Å². The number of anilines is 1. The van der Waals surface area contributed by atoms with Crippen LogP contribution in [0.5, 0.6) is 0 Å². The zero-order valence-corrected chi connectivity index (χ0v) is 21.7. The first-order valence-electron chi connectivity index (χ1n) is 11.4. The third-order valence-corrected chi connectivity index (χ3v) is 9.14. The quantitative estimate of drug-likeness (QED) is 0.354. The van der Waals surface area contributed by atoms with Crippen molar-refractivity contribution in [2.24, 2.45) is 0 Å². The smallest absolute Gasteiger partial charge is 0.216 e. The summed E-state index contributed by atoms with van der Waals surface area (Å²) in [6.07, 6.45) is 1.76. The number of fused-ring (bicyclic) bond motifs is 1. The van der Waals surface area contributed by atoms with Gasteiger partial charge in [0, 0.05) is 43.0 Å². The monoisotopic (exact) mass is 529 g/mol. The highest BCUT2D eigenvalue weighted by atomic mass is 35.5. The number of nitrogens with zero attached hydrogens (tertiary/aromatic N) is 5. The van der Waals surface area contributed by atoms with Gasteiger partial charge >= 0.3 is 0 Å². The fourth-order valence-electron chi connectivity index (χ4n) is 4.37. The second-order valence-electron chi connectivity index (χ2n) is 8.73. The molecular formula is C25H25Cl2N5O2S. The van der Waals surface area contributed by atoms with Gasteiger partial charge < -0.3 is 4.90 Å². The van der Waals surface area contributed by atoms with Crippen molar-refractivity contribution in [2.75, 3.05) is 31.1 Å². The molecule has 3 heterocycles. The molecule has 182 valence electrons. The van der Waals surface area contributed by atoms with E-state index in [1.165, 1.54) is 0 Å². The Bertz CT molecular complexity index is 1480. The first-order chi connectivity index (χ1) is 16.8. The average Bonchev–Trinajstić information content (AvgIpc) is 3.24. The number of benzene rings is 2. The van der Waals surface area contributed by atoms with E-state index in [-0.39, 0.29) is 0 Å². The van der Waals surface area contributed by atoms with Crippen LogP contribution in [0.15, 0.2) is 60.8 Å². The molecule has 0 atom stereocenters. The van der Waals surface area contributed by atoms with Gasteiger partial charge in [0.15, 0.2) is 5.65 Å². The van der Waals surface area contributed by atoms with Crippen molar-refractivity contribution in [3.05, 3.63) is 70.8 Å². The van der Waals surface area contributed by atoms with Crippen LogP contribution in [0.1, 0.15) is 13.8 Å². The van der Waals surface area contributed by atoms with Gasteiger partial charge in [0.2, 0.25) is 10.0 Å². The van der Waals surface area contributed by atoms with Gasteiger partial charge in [-0.2, -0.15) is 13.9 Å². The Labute approximate surface area is 215 Å². The third-order valence-electron chi connectivity index (χ3n) is 6.28. The number of hydrogen-bond acceptors (Lipinski definition) is 5. The number of piperazine rings is 1. The second kappa shape index (κ2) is 9.43. The van der Waals surface area contributed by atoms with Crippen molar-refractivity contribution >= 4 is 44.7 Å². The summed E-state index contributed by atoms with van der Waals surface area (Å²) in [7, 11) is -3.28. The van der Waals surface area contributed by atoms with E-state index in [0.717, 1.165) is 28.2 Å². The summed E-state index contributed by atoms with van der Waals surface area (Å²) in [4.78, 5) is 6.83. The zero-order chi connectivity index (χ0) is 24.7. The number of sulfonamides is 1. The highest BCUT2D eigenvalue weighted by molar-refractivity contribution is 7.89. The van der Waals surface area contributed by atoms with Crippen LogP contribution < -0.4 is 4.90 Å². The van der Waals surface area contributed by atoms with Crippen LogP contribution in [0.4, 0.5) is 5.82 Å². The molecule has 5 rings (SSSR count). The molecule has 1 aliphatic rings. The van der Waals surface area contributed by atoms with Crippen molar-refractivity contribution in [1.29, 1.82) is 0 Å². The Morgan fingerprint density at radius 1 is 0.914 bits per heavy atom. The lowest BCUT2D eigenvalue weighted by atomic mass is 10.0. The molecule has 1 saturated heterocycles. The largest absolute Gasteiger partial charge is 0.354 e. The van der Waals surface area contributed by atoms with Gasteiger partial charge in [-0.25, -0.2) is 13.4 Å². The summed E-state index contributed by atoms with van der Waals surface area (Å²) >= 11 is 12.7. The van der Waals surface area contributed by atoms with Gasteiger partial charge in [-0.1, -0.05) is 53.5 Å². The summed E-state index contributed by atoms with van der Waals surface area (Å²) in [6, 6.07) is 17.1. The van der Waals surface area contributed by atoms with Crippen molar-refractivity contribution in [1.82, 2.24) is 18.9 Å². The fraction of sp³-hybridized carbons (Fsp3) is 0.280. The van der Waals surface area contributed by atoms with E-state index in [2.05, 4.69) is 9.88 Å². The molecule has 10 heteroatoms.